The number of hydrogen-bond donors (Lipinski definition) is 2. The molecule has 0 unspecified atom stereocenters. The van der Waals surface area contributed by atoms with Crippen LogP contribution in [-0.2, 0) is 14.8 Å². The minimum absolute atomic E-state index is 0.131. The molecule has 0 atom stereocenters. The molecule has 0 aromatic rings. The van der Waals surface area contributed by atoms with E-state index < -0.39 is 26.9 Å². The van der Waals surface area contributed by atoms with Crippen molar-refractivity contribution in [2.75, 3.05) is 13.2 Å². The van der Waals surface area contributed by atoms with E-state index in [1.807, 2.05) is 27.7 Å². The summed E-state index contributed by atoms with van der Waals surface area (Å²) in [5, 5.41) is 9.13. The summed E-state index contributed by atoms with van der Waals surface area (Å²) in [4.78, 5) is 0. The van der Waals surface area contributed by atoms with Crippen LogP contribution in [0.3, 0.4) is 0 Å². The van der Waals surface area contributed by atoms with Crippen molar-refractivity contribution >= 4 is 10.0 Å². The SMILES string of the molecule is CC(C)OCCC(C)(C)NS(=O)(=O)C(C)(C)CO. The van der Waals surface area contributed by atoms with E-state index >= 15 is 0 Å². The van der Waals surface area contributed by atoms with Crippen LogP contribution < -0.4 is 4.72 Å². The van der Waals surface area contributed by atoms with Crippen LogP contribution in [0.25, 0.3) is 0 Å². The Bertz CT molecular complexity index is 347. The molecule has 18 heavy (non-hydrogen) atoms. The Morgan fingerprint density at radius 3 is 2.11 bits per heavy atom. The molecule has 0 aromatic carbocycles. The van der Waals surface area contributed by atoms with Gasteiger partial charge in [0.15, 0.2) is 0 Å². The Kier molecular flexibility index (Phi) is 6.26. The summed E-state index contributed by atoms with van der Waals surface area (Å²) in [5.41, 5.74) is -0.597. The van der Waals surface area contributed by atoms with Gasteiger partial charge >= 0.3 is 0 Å². The van der Waals surface area contributed by atoms with Crippen molar-refractivity contribution in [3.63, 3.8) is 0 Å². The third-order valence-corrected chi connectivity index (χ3v) is 5.10. The maximum atomic E-state index is 12.1. The molecule has 110 valence electrons. The largest absolute Gasteiger partial charge is 0.395 e. The van der Waals surface area contributed by atoms with Crippen LogP contribution >= 0.6 is 0 Å². The van der Waals surface area contributed by atoms with Crippen LogP contribution in [0.4, 0.5) is 0 Å². The van der Waals surface area contributed by atoms with Crippen LogP contribution in [0, 0.1) is 0 Å². The van der Waals surface area contributed by atoms with Gasteiger partial charge in [0.2, 0.25) is 10.0 Å². The molecule has 0 heterocycles. The van der Waals surface area contributed by atoms with Crippen molar-refractivity contribution in [3.8, 4) is 0 Å². The topological polar surface area (TPSA) is 75.6 Å². The van der Waals surface area contributed by atoms with E-state index in [0.717, 1.165) is 0 Å². The molecule has 0 radical (unpaired) electrons. The van der Waals surface area contributed by atoms with Crippen molar-refractivity contribution in [1.82, 2.24) is 4.72 Å². The predicted octanol–water partition coefficient (Wildman–Crippen LogP) is 1.27. The molecule has 5 nitrogen and oxygen atoms in total. The zero-order chi connectivity index (χ0) is 14.6. The van der Waals surface area contributed by atoms with Gasteiger partial charge in [-0.3, -0.25) is 0 Å². The first-order valence-corrected chi connectivity index (χ1v) is 7.68. The molecule has 6 heteroatoms. The summed E-state index contributed by atoms with van der Waals surface area (Å²) in [7, 11) is -3.57. The van der Waals surface area contributed by atoms with Gasteiger partial charge in [-0.1, -0.05) is 0 Å². The van der Waals surface area contributed by atoms with E-state index in [4.69, 9.17) is 9.84 Å². The average Bonchev–Trinajstić information content (AvgIpc) is 2.14. The normalized spacial score (nSPS) is 14.2. The van der Waals surface area contributed by atoms with E-state index in [1.165, 1.54) is 13.8 Å². The van der Waals surface area contributed by atoms with Crippen LogP contribution in [0.2, 0.25) is 0 Å². The van der Waals surface area contributed by atoms with E-state index in [1.54, 1.807) is 0 Å². The van der Waals surface area contributed by atoms with Gasteiger partial charge in [0, 0.05) is 12.1 Å². The second-order valence-electron chi connectivity index (χ2n) is 6.08. The van der Waals surface area contributed by atoms with Crippen LogP contribution in [0.5, 0.6) is 0 Å². The Morgan fingerprint density at radius 2 is 1.72 bits per heavy atom. The second kappa shape index (κ2) is 6.32. The van der Waals surface area contributed by atoms with Gasteiger partial charge in [0.25, 0.3) is 0 Å². The molecule has 0 spiro atoms. The number of nitrogens with one attached hydrogen (secondary N) is 1. The Morgan fingerprint density at radius 1 is 1.22 bits per heavy atom. The standard InChI is InChI=1S/C12H27NO4S/c1-10(2)17-8-7-11(3,4)13-18(15,16)12(5,6)9-14/h10,13-14H,7-9H2,1-6H3. The summed E-state index contributed by atoms with van der Waals surface area (Å²) in [6.07, 6.45) is 0.706. The number of hydrogen-bond acceptors (Lipinski definition) is 4. The smallest absolute Gasteiger partial charge is 0.219 e. The molecule has 0 aliphatic carbocycles. The van der Waals surface area contributed by atoms with E-state index in [2.05, 4.69) is 4.72 Å². The monoisotopic (exact) mass is 281 g/mol. The first kappa shape index (κ1) is 17.8. The highest BCUT2D eigenvalue weighted by Crippen LogP contribution is 2.19. The fourth-order valence-electron chi connectivity index (χ4n) is 1.19. The number of sulfonamides is 1. The molecule has 0 saturated heterocycles. The lowest BCUT2D eigenvalue weighted by atomic mass is 10.0. The van der Waals surface area contributed by atoms with Crippen LogP contribution in [0.1, 0.15) is 48.0 Å². The number of rotatable bonds is 8. The third-order valence-electron chi connectivity index (χ3n) is 2.70. The van der Waals surface area contributed by atoms with Crippen LogP contribution in [-0.4, -0.2) is 43.1 Å². The Labute approximate surface area is 111 Å². The predicted molar refractivity (Wildman–Crippen MR) is 73.0 cm³/mol. The highest BCUT2D eigenvalue weighted by molar-refractivity contribution is 7.90. The lowest BCUT2D eigenvalue weighted by molar-refractivity contribution is 0.0663. The van der Waals surface area contributed by atoms with Crippen molar-refractivity contribution in [1.29, 1.82) is 0 Å². The molecule has 0 bridgehead atoms. The van der Waals surface area contributed by atoms with Crippen molar-refractivity contribution < 1.29 is 18.3 Å². The highest BCUT2D eigenvalue weighted by Gasteiger charge is 2.37. The molecule has 0 aromatic heterocycles. The summed E-state index contributed by atoms with van der Waals surface area (Å²) in [6.45, 7) is 10.6. The number of aliphatic hydroxyl groups is 1. The van der Waals surface area contributed by atoms with E-state index in [-0.39, 0.29) is 6.10 Å². The van der Waals surface area contributed by atoms with Gasteiger partial charge in [-0.2, -0.15) is 0 Å². The zero-order valence-electron chi connectivity index (χ0n) is 12.3. The van der Waals surface area contributed by atoms with Gasteiger partial charge in [0.1, 0.15) is 4.75 Å². The van der Waals surface area contributed by atoms with Gasteiger partial charge in [0.05, 0.1) is 12.7 Å². The fraction of sp³-hybridized carbons (Fsp3) is 1.00. The first-order chi connectivity index (χ1) is 7.93. The zero-order valence-corrected chi connectivity index (χ0v) is 13.1. The third kappa shape index (κ3) is 5.65. The maximum Gasteiger partial charge on any atom is 0.219 e. The summed E-state index contributed by atoms with van der Waals surface area (Å²) >= 11 is 0. The molecule has 0 aliphatic heterocycles. The highest BCUT2D eigenvalue weighted by atomic mass is 32.2. The van der Waals surface area contributed by atoms with Gasteiger partial charge < -0.3 is 9.84 Å². The fourth-order valence-corrected chi connectivity index (χ4v) is 2.46. The summed E-state index contributed by atoms with van der Waals surface area (Å²) < 4.78 is 31.0. The number of aliphatic hydroxyl groups excluding tert-OH is 1. The van der Waals surface area contributed by atoms with E-state index in [0.29, 0.717) is 13.0 Å². The molecular weight excluding hydrogens is 254 g/mol. The lowest BCUT2D eigenvalue weighted by Gasteiger charge is -2.31. The van der Waals surface area contributed by atoms with Gasteiger partial charge in [-0.05, 0) is 48.0 Å². The Hall–Kier alpha value is -0.170. The molecule has 0 aliphatic rings. The molecule has 2 N–H and O–H groups in total. The van der Waals surface area contributed by atoms with Gasteiger partial charge in [-0.25, -0.2) is 13.1 Å². The van der Waals surface area contributed by atoms with Crippen molar-refractivity contribution in [3.05, 3.63) is 0 Å². The molecule has 0 amide bonds. The minimum atomic E-state index is -3.57. The number of ether oxygens (including phenoxy) is 1. The van der Waals surface area contributed by atoms with Crippen LogP contribution in [0.15, 0.2) is 0 Å². The lowest BCUT2D eigenvalue weighted by Crippen LogP contribution is -2.52. The molecular formula is C12H27NO4S. The Balaban J connectivity index is 4.57. The molecule has 0 saturated carbocycles. The minimum Gasteiger partial charge on any atom is -0.395 e. The van der Waals surface area contributed by atoms with E-state index in [9.17, 15) is 8.42 Å². The second-order valence-corrected chi connectivity index (χ2v) is 8.39. The summed E-state index contributed by atoms with van der Waals surface area (Å²) in [5.74, 6) is 0. The molecule has 0 fully saturated rings. The van der Waals surface area contributed by atoms with Crippen molar-refractivity contribution in [2.45, 2.75) is 64.4 Å². The maximum absolute atomic E-state index is 12.1. The van der Waals surface area contributed by atoms with Gasteiger partial charge in [-0.15, -0.1) is 0 Å². The summed E-state index contributed by atoms with van der Waals surface area (Å²) in [6, 6.07) is 0. The average molecular weight is 281 g/mol. The molecule has 0 rings (SSSR count). The first-order valence-electron chi connectivity index (χ1n) is 6.19. The quantitative estimate of drug-likeness (QED) is 0.702. The van der Waals surface area contributed by atoms with Crippen molar-refractivity contribution in [2.24, 2.45) is 0 Å².